The Kier molecular flexibility index (Phi) is 2.88. The van der Waals surface area contributed by atoms with E-state index in [0.29, 0.717) is 6.42 Å². The molecule has 18 heavy (non-hydrogen) atoms. The molecule has 0 saturated heterocycles. The minimum Gasteiger partial charge on any atom is -0.380 e. The fraction of sp³-hybridized carbons (Fsp3) is 0.200. The van der Waals surface area contributed by atoms with Gasteiger partial charge >= 0.3 is 0 Å². The molecule has 3 heteroatoms. The van der Waals surface area contributed by atoms with Crippen LogP contribution < -0.4 is 0 Å². The van der Waals surface area contributed by atoms with Gasteiger partial charge in [-0.15, -0.1) is 0 Å². The van der Waals surface area contributed by atoms with Crippen molar-refractivity contribution in [3.05, 3.63) is 56.5 Å². The van der Waals surface area contributed by atoms with Crippen LogP contribution in [0.2, 0.25) is 0 Å². The highest BCUT2D eigenvalue weighted by Crippen LogP contribution is 2.50. The van der Waals surface area contributed by atoms with Crippen molar-refractivity contribution < 1.29 is 5.11 Å². The Balaban J connectivity index is 2.37. The van der Waals surface area contributed by atoms with Crippen molar-refractivity contribution in [3.8, 4) is 11.1 Å². The first-order chi connectivity index (χ1) is 8.56. The summed E-state index contributed by atoms with van der Waals surface area (Å²) in [4.78, 5) is 0. The monoisotopic (exact) mass is 366 g/mol. The van der Waals surface area contributed by atoms with Gasteiger partial charge in [0.25, 0.3) is 0 Å². The van der Waals surface area contributed by atoms with Crippen molar-refractivity contribution in [1.29, 1.82) is 0 Å². The molecule has 0 amide bonds. The molecule has 0 heterocycles. The van der Waals surface area contributed by atoms with Crippen LogP contribution >= 0.6 is 31.9 Å². The van der Waals surface area contributed by atoms with Crippen LogP contribution in [0.15, 0.2) is 45.3 Å². The lowest BCUT2D eigenvalue weighted by Crippen LogP contribution is -2.23. The van der Waals surface area contributed by atoms with Crippen LogP contribution in [0.1, 0.15) is 24.5 Å². The van der Waals surface area contributed by atoms with Crippen LogP contribution in [-0.2, 0) is 5.60 Å². The normalized spacial score (nSPS) is 15.3. The number of halogens is 2. The van der Waals surface area contributed by atoms with Gasteiger partial charge in [0.15, 0.2) is 0 Å². The van der Waals surface area contributed by atoms with E-state index in [9.17, 15) is 5.11 Å². The summed E-state index contributed by atoms with van der Waals surface area (Å²) in [6.45, 7) is 2.01. The highest BCUT2D eigenvalue weighted by Gasteiger charge is 2.40. The lowest BCUT2D eigenvalue weighted by atomic mass is 9.89. The Labute approximate surface area is 123 Å². The minimum absolute atomic E-state index is 0.667. The van der Waals surface area contributed by atoms with Gasteiger partial charge in [0.2, 0.25) is 0 Å². The van der Waals surface area contributed by atoms with E-state index in [-0.39, 0.29) is 0 Å². The number of hydrogen-bond donors (Lipinski definition) is 1. The molecule has 1 N–H and O–H groups in total. The van der Waals surface area contributed by atoms with E-state index in [4.69, 9.17) is 0 Å². The molecule has 1 nitrogen and oxygen atoms in total. The van der Waals surface area contributed by atoms with Gasteiger partial charge in [-0.05, 0) is 52.9 Å². The molecule has 0 aliphatic heterocycles. The summed E-state index contributed by atoms with van der Waals surface area (Å²) in [5.74, 6) is 0. The average Bonchev–Trinajstić information content (AvgIpc) is 2.60. The molecule has 2 aromatic carbocycles. The van der Waals surface area contributed by atoms with Crippen molar-refractivity contribution >= 4 is 31.9 Å². The maximum Gasteiger partial charge on any atom is 0.116 e. The first-order valence-corrected chi connectivity index (χ1v) is 7.47. The summed E-state index contributed by atoms with van der Waals surface area (Å²) in [5, 5.41) is 11.0. The predicted octanol–water partition coefficient (Wildman–Crippen LogP) is 4.84. The topological polar surface area (TPSA) is 20.2 Å². The molecule has 0 saturated carbocycles. The summed E-state index contributed by atoms with van der Waals surface area (Å²) in [6.07, 6.45) is 0.667. The van der Waals surface area contributed by atoms with Crippen LogP contribution in [-0.4, -0.2) is 5.11 Å². The number of aliphatic hydroxyl groups is 1. The van der Waals surface area contributed by atoms with Crippen molar-refractivity contribution in [3.63, 3.8) is 0 Å². The molecule has 2 aromatic rings. The number of rotatable bonds is 1. The molecule has 1 aliphatic rings. The van der Waals surface area contributed by atoms with Crippen molar-refractivity contribution in [2.75, 3.05) is 0 Å². The molecule has 0 spiro atoms. The van der Waals surface area contributed by atoms with E-state index >= 15 is 0 Å². The van der Waals surface area contributed by atoms with E-state index < -0.39 is 5.60 Å². The molecular formula is C15H12Br2O. The number of hydrogen-bond acceptors (Lipinski definition) is 1. The fourth-order valence-electron chi connectivity index (χ4n) is 2.71. The fourth-order valence-corrected chi connectivity index (χ4v) is 3.44. The largest absolute Gasteiger partial charge is 0.380 e. The summed E-state index contributed by atoms with van der Waals surface area (Å²) in [7, 11) is 0. The first kappa shape index (κ1) is 12.4. The van der Waals surface area contributed by atoms with Crippen molar-refractivity contribution in [2.24, 2.45) is 0 Å². The van der Waals surface area contributed by atoms with Crippen molar-refractivity contribution in [2.45, 2.75) is 18.9 Å². The highest BCUT2D eigenvalue weighted by molar-refractivity contribution is 9.10. The second-order valence-electron chi connectivity index (χ2n) is 4.59. The Morgan fingerprint density at radius 1 is 0.944 bits per heavy atom. The van der Waals surface area contributed by atoms with Gasteiger partial charge in [-0.2, -0.15) is 0 Å². The first-order valence-electron chi connectivity index (χ1n) is 5.89. The van der Waals surface area contributed by atoms with Gasteiger partial charge in [-0.1, -0.05) is 50.9 Å². The van der Waals surface area contributed by atoms with Gasteiger partial charge in [0, 0.05) is 8.95 Å². The Bertz CT molecular complexity index is 583. The second-order valence-corrected chi connectivity index (χ2v) is 6.42. The lowest BCUT2D eigenvalue weighted by molar-refractivity contribution is 0.0813. The molecule has 92 valence electrons. The third-order valence-electron chi connectivity index (χ3n) is 3.66. The van der Waals surface area contributed by atoms with Gasteiger partial charge in [0.05, 0.1) is 0 Å². The zero-order chi connectivity index (χ0) is 12.9. The SMILES string of the molecule is CCC1(O)c2cc(Br)ccc2-c2ccc(Br)cc21. The molecule has 1 aliphatic carbocycles. The van der Waals surface area contributed by atoms with Crippen LogP contribution in [0.5, 0.6) is 0 Å². The van der Waals surface area contributed by atoms with E-state index in [1.54, 1.807) is 0 Å². The highest BCUT2D eigenvalue weighted by atomic mass is 79.9. The second kappa shape index (κ2) is 4.19. The standard InChI is InChI=1S/C15H12Br2O/c1-2-15(18)13-7-9(16)3-5-11(13)12-6-4-10(17)8-14(12)15/h3-8,18H,2H2,1H3. The summed E-state index contributed by atoms with van der Waals surface area (Å²) < 4.78 is 2.00. The van der Waals surface area contributed by atoms with Gasteiger partial charge < -0.3 is 5.11 Å². The average molecular weight is 368 g/mol. The molecule has 3 rings (SSSR count). The molecular weight excluding hydrogens is 356 g/mol. The zero-order valence-corrected chi connectivity index (χ0v) is 13.0. The van der Waals surface area contributed by atoms with Crippen LogP contribution in [0, 0.1) is 0 Å². The molecule has 0 fully saturated rings. The number of benzene rings is 2. The van der Waals surface area contributed by atoms with E-state index in [0.717, 1.165) is 31.2 Å². The predicted molar refractivity (Wildman–Crippen MR) is 80.6 cm³/mol. The molecule has 0 bridgehead atoms. The summed E-state index contributed by atoms with van der Waals surface area (Å²) in [6, 6.07) is 12.2. The van der Waals surface area contributed by atoms with Crippen LogP contribution in [0.4, 0.5) is 0 Å². The van der Waals surface area contributed by atoms with Gasteiger partial charge in [-0.25, -0.2) is 0 Å². The molecule has 0 aromatic heterocycles. The van der Waals surface area contributed by atoms with Gasteiger partial charge in [0.1, 0.15) is 5.60 Å². The molecule has 0 atom stereocenters. The third kappa shape index (κ3) is 1.61. The Hall–Kier alpha value is -0.640. The van der Waals surface area contributed by atoms with E-state index in [1.807, 2.05) is 31.2 Å². The zero-order valence-electron chi connectivity index (χ0n) is 9.87. The minimum atomic E-state index is -0.877. The van der Waals surface area contributed by atoms with Crippen molar-refractivity contribution in [1.82, 2.24) is 0 Å². The van der Waals surface area contributed by atoms with Crippen LogP contribution in [0.25, 0.3) is 11.1 Å². The molecule has 0 unspecified atom stereocenters. The summed E-state index contributed by atoms with van der Waals surface area (Å²) >= 11 is 6.97. The molecule has 0 radical (unpaired) electrons. The van der Waals surface area contributed by atoms with Gasteiger partial charge in [-0.3, -0.25) is 0 Å². The third-order valence-corrected chi connectivity index (χ3v) is 4.64. The maximum atomic E-state index is 11.0. The van der Waals surface area contributed by atoms with Crippen LogP contribution in [0.3, 0.4) is 0 Å². The quantitative estimate of drug-likeness (QED) is 0.764. The van der Waals surface area contributed by atoms with E-state index in [1.165, 1.54) is 0 Å². The van der Waals surface area contributed by atoms with E-state index in [2.05, 4.69) is 44.0 Å². The Morgan fingerprint density at radius 3 is 1.78 bits per heavy atom. The lowest BCUT2D eigenvalue weighted by Gasteiger charge is -2.24. The number of fused-ring (bicyclic) bond motifs is 3. The maximum absolute atomic E-state index is 11.0. The summed E-state index contributed by atoms with van der Waals surface area (Å²) in [5.41, 5.74) is 3.37. The smallest absolute Gasteiger partial charge is 0.116 e. The Morgan fingerprint density at radius 2 is 1.39 bits per heavy atom.